The first kappa shape index (κ1) is 24.1. The topological polar surface area (TPSA) is 129 Å². The highest BCUT2D eigenvalue weighted by Crippen LogP contribution is 2.38. The molecule has 0 radical (unpaired) electrons. The van der Waals surface area contributed by atoms with Crippen molar-refractivity contribution in [3.63, 3.8) is 0 Å². The number of fused-ring (bicyclic) bond motifs is 1. The minimum Gasteiger partial charge on any atom is -0.423 e. The average Bonchev–Trinajstić information content (AvgIpc) is 3.50. The van der Waals surface area contributed by atoms with Crippen molar-refractivity contribution in [2.24, 2.45) is 0 Å². The number of amides is 1. The predicted octanol–water partition coefficient (Wildman–Crippen LogP) is 4.29. The molecule has 4 aromatic rings. The lowest BCUT2D eigenvalue weighted by molar-refractivity contribution is 0.0649. The summed E-state index contributed by atoms with van der Waals surface area (Å²) in [7, 11) is 0. The molecule has 3 N–H and O–H groups in total. The molecule has 0 saturated carbocycles. The minimum absolute atomic E-state index is 0.0663. The highest BCUT2D eigenvalue weighted by atomic mass is 16.4. The summed E-state index contributed by atoms with van der Waals surface area (Å²) >= 11 is 0. The molecule has 0 aliphatic carbocycles. The van der Waals surface area contributed by atoms with Crippen LogP contribution in [0.2, 0.25) is 0 Å². The van der Waals surface area contributed by atoms with Crippen LogP contribution in [0.3, 0.4) is 0 Å². The predicted molar refractivity (Wildman–Crippen MR) is 139 cm³/mol. The van der Waals surface area contributed by atoms with Gasteiger partial charge < -0.3 is 25.1 Å². The molecule has 10 heteroatoms. The molecule has 1 aromatic carbocycles. The lowest BCUT2D eigenvalue weighted by Gasteiger charge is -2.30. The highest BCUT2D eigenvalue weighted by Gasteiger charge is 2.43. The number of pyridine rings is 2. The molecule has 1 aliphatic heterocycles. The summed E-state index contributed by atoms with van der Waals surface area (Å²) in [6.07, 6.45) is 4.58. The molecule has 1 aliphatic rings. The molecule has 0 bridgehead atoms. The molecule has 0 unspecified atom stereocenters. The van der Waals surface area contributed by atoms with Gasteiger partial charge in [0.25, 0.3) is 11.8 Å². The van der Waals surface area contributed by atoms with Crippen molar-refractivity contribution in [3.8, 4) is 11.5 Å². The summed E-state index contributed by atoms with van der Waals surface area (Å²) in [5.74, 6) is 1.28. The van der Waals surface area contributed by atoms with Crippen LogP contribution in [0.4, 0.5) is 17.3 Å². The molecular weight excluding hydrogens is 470 g/mol. The summed E-state index contributed by atoms with van der Waals surface area (Å²) in [4.78, 5) is 23.9. The Morgan fingerprint density at radius 2 is 1.97 bits per heavy atom. The third-order valence-corrected chi connectivity index (χ3v) is 6.40. The van der Waals surface area contributed by atoms with Gasteiger partial charge in [0.1, 0.15) is 11.6 Å². The first-order valence-electron chi connectivity index (χ1n) is 11.8. The Bertz CT molecular complexity index is 1420. The molecule has 37 heavy (non-hydrogen) atoms. The van der Waals surface area contributed by atoms with E-state index in [1.54, 1.807) is 35.4 Å². The van der Waals surface area contributed by atoms with Gasteiger partial charge in [-0.1, -0.05) is 36.4 Å². The number of carbonyl (C=O) groups is 1. The number of anilines is 3. The normalized spacial score (nSPS) is 14.8. The molecule has 1 amide bonds. The molecule has 1 atom stereocenters. The second-order valence-electron chi connectivity index (χ2n) is 9.13. The van der Waals surface area contributed by atoms with Crippen LogP contribution in [-0.2, 0) is 5.54 Å². The largest absolute Gasteiger partial charge is 0.423 e. The van der Waals surface area contributed by atoms with Crippen molar-refractivity contribution in [2.45, 2.75) is 25.4 Å². The summed E-state index contributed by atoms with van der Waals surface area (Å²) in [6, 6.07) is 14.6. The molecule has 0 spiro atoms. The number of benzene rings is 1. The van der Waals surface area contributed by atoms with Gasteiger partial charge in [-0.15, -0.1) is 16.8 Å². The fourth-order valence-corrected chi connectivity index (χ4v) is 4.48. The zero-order chi connectivity index (χ0) is 26.0. The zero-order valence-corrected chi connectivity index (χ0v) is 20.5. The molecule has 188 valence electrons. The van der Waals surface area contributed by atoms with Crippen molar-refractivity contribution in [2.75, 3.05) is 23.8 Å². The van der Waals surface area contributed by atoms with E-state index in [0.29, 0.717) is 46.6 Å². The molecular formula is C27H27N7O3. The Morgan fingerprint density at radius 3 is 2.68 bits per heavy atom. The maximum atomic E-state index is 12.9. The van der Waals surface area contributed by atoms with Crippen LogP contribution in [0.25, 0.3) is 11.5 Å². The van der Waals surface area contributed by atoms with Crippen LogP contribution in [0.1, 0.15) is 41.5 Å². The summed E-state index contributed by atoms with van der Waals surface area (Å²) in [6.45, 7) is 8.01. The van der Waals surface area contributed by atoms with Gasteiger partial charge in [0.2, 0.25) is 6.39 Å². The van der Waals surface area contributed by atoms with Crippen molar-refractivity contribution in [3.05, 3.63) is 90.6 Å². The number of aromatic nitrogens is 4. The Labute approximate surface area is 214 Å². The SMILES string of the molecule is C=CCN1C(=O)c2ccc(Nc3cc(N[C@H](CO)c4ccccc4)c(-c4nnco4)cn3)nc2C1(C)C. The van der Waals surface area contributed by atoms with Gasteiger partial charge in [0.05, 0.1) is 40.7 Å². The fourth-order valence-electron chi connectivity index (χ4n) is 4.48. The number of hydrogen-bond acceptors (Lipinski definition) is 9. The number of rotatable bonds is 9. The Balaban J connectivity index is 1.47. The van der Waals surface area contributed by atoms with Crippen LogP contribution in [0.15, 0.2) is 78.2 Å². The Hall–Kier alpha value is -4.57. The number of nitrogens with one attached hydrogen (secondary N) is 2. The smallest absolute Gasteiger partial charge is 0.256 e. The lowest BCUT2D eigenvalue weighted by atomic mass is 9.99. The van der Waals surface area contributed by atoms with Gasteiger partial charge in [0.15, 0.2) is 0 Å². The van der Waals surface area contributed by atoms with Crippen molar-refractivity contribution in [1.29, 1.82) is 0 Å². The number of hydrogen-bond donors (Lipinski definition) is 3. The fraction of sp³-hybridized carbons (Fsp3) is 0.222. The number of aliphatic hydroxyl groups excluding tert-OH is 1. The van der Waals surface area contributed by atoms with Gasteiger partial charge in [-0.05, 0) is 31.5 Å². The van der Waals surface area contributed by atoms with Crippen LogP contribution in [0, 0.1) is 0 Å². The Morgan fingerprint density at radius 1 is 1.16 bits per heavy atom. The first-order chi connectivity index (χ1) is 17.9. The molecule has 0 saturated heterocycles. The van der Waals surface area contributed by atoms with E-state index in [1.807, 2.05) is 44.2 Å². The summed E-state index contributed by atoms with van der Waals surface area (Å²) < 4.78 is 5.41. The van der Waals surface area contributed by atoms with Gasteiger partial charge in [-0.25, -0.2) is 9.97 Å². The van der Waals surface area contributed by atoms with Crippen molar-refractivity contribution < 1.29 is 14.3 Å². The van der Waals surface area contributed by atoms with Gasteiger partial charge in [-0.3, -0.25) is 4.79 Å². The number of nitrogens with zero attached hydrogens (tertiary/aromatic N) is 5. The quantitative estimate of drug-likeness (QED) is 0.290. The second-order valence-corrected chi connectivity index (χ2v) is 9.13. The molecule has 3 aromatic heterocycles. The van der Waals surface area contributed by atoms with Gasteiger partial charge in [0, 0.05) is 18.8 Å². The van der Waals surface area contributed by atoms with Gasteiger partial charge >= 0.3 is 0 Å². The molecule has 0 fully saturated rings. The monoisotopic (exact) mass is 497 g/mol. The van der Waals surface area contributed by atoms with E-state index in [1.165, 1.54) is 6.39 Å². The summed E-state index contributed by atoms with van der Waals surface area (Å²) in [5, 5.41) is 24.5. The maximum Gasteiger partial charge on any atom is 0.256 e. The zero-order valence-electron chi connectivity index (χ0n) is 20.5. The maximum absolute atomic E-state index is 12.9. The standard InChI is InChI=1S/C27H27N7O3/c1-4-12-34-26(36)18-10-11-22(32-24(18)27(34,2)3)31-23-13-20(19(14-28-23)25-33-29-16-37-25)30-21(15-35)17-8-6-5-7-9-17/h4-11,13-14,16,21,35H,1,12,15H2,2-3H3,(H2,28,30,31,32)/t21-/m1/s1. The minimum atomic E-state index is -0.579. The van der Waals surface area contributed by atoms with Crippen LogP contribution < -0.4 is 10.6 Å². The van der Waals surface area contributed by atoms with Crippen LogP contribution in [0.5, 0.6) is 0 Å². The number of carbonyl (C=O) groups excluding carboxylic acids is 1. The molecule has 10 nitrogen and oxygen atoms in total. The van der Waals surface area contributed by atoms with E-state index in [2.05, 4.69) is 32.4 Å². The van der Waals surface area contributed by atoms with E-state index in [4.69, 9.17) is 9.40 Å². The molecule has 5 rings (SSSR count). The van der Waals surface area contributed by atoms with Gasteiger partial charge in [-0.2, -0.15) is 0 Å². The summed E-state index contributed by atoms with van der Waals surface area (Å²) in [5.41, 5.74) is 2.83. The van der Waals surface area contributed by atoms with Crippen LogP contribution >= 0.6 is 0 Å². The first-order valence-corrected chi connectivity index (χ1v) is 11.8. The highest BCUT2D eigenvalue weighted by molar-refractivity contribution is 5.99. The second kappa shape index (κ2) is 9.82. The lowest BCUT2D eigenvalue weighted by Crippen LogP contribution is -2.39. The Kier molecular flexibility index (Phi) is 6.41. The molecule has 4 heterocycles. The van der Waals surface area contributed by atoms with E-state index < -0.39 is 5.54 Å². The average molecular weight is 498 g/mol. The number of aliphatic hydroxyl groups is 1. The van der Waals surface area contributed by atoms with E-state index in [0.717, 1.165) is 5.56 Å². The van der Waals surface area contributed by atoms with E-state index in [-0.39, 0.29) is 18.6 Å². The van der Waals surface area contributed by atoms with Crippen LogP contribution in [-0.4, -0.2) is 49.2 Å². The van der Waals surface area contributed by atoms with E-state index in [9.17, 15) is 9.90 Å². The van der Waals surface area contributed by atoms with Crippen molar-refractivity contribution in [1.82, 2.24) is 25.1 Å². The third-order valence-electron chi connectivity index (χ3n) is 6.40. The van der Waals surface area contributed by atoms with Crippen molar-refractivity contribution >= 4 is 23.2 Å². The van der Waals surface area contributed by atoms with E-state index >= 15 is 0 Å². The third kappa shape index (κ3) is 4.54.